The molecule has 3 heterocycles. The molecule has 2 unspecified atom stereocenters. The van der Waals surface area contributed by atoms with Crippen molar-refractivity contribution >= 4 is 17.6 Å². The molecule has 0 radical (unpaired) electrons. The van der Waals surface area contributed by atoms with E-state index in [4.69, 9.17) is 5.41 Å². The van der Waals surface area contributed by atoms with Crippen LogP contribution in [0.1, 0.15) is 12.7 Å². The van der Waals surface area contributed by atoms with Crippen molar-refractivity contribution in [2.45, 2.75) is 25.4 Å². The Morgan fingerprint density at radius 3 is 2.90 bits per heavy atom. The van der Waals surface area contributed by atoms with Crippen LogP contribution >= 0.6 is 0 Å². The Bertz CT molecular complexity index is 865. The monoisotopic (exact) mass is 404 g/mol. The molecule has 0 spiro atoms. The molecule has 0 aromatic carbocycles. The predicted octanol–water partition coefficient (Wildman–Crippen LogP) is 1.89. The minimum absolute atomic E-state index is 0.302. The van der Waals surface area contributed by atoms with Gasteiger partial charge >= 0.3 is 0 Å². The highest BCUT2D eigenvalue weighted by atomic mass is 19.3. The average molecular weight is 404 g/mol. The second kappa shape index (κ2) is 9.19. The molecule has 2 aromatic rings. The summed E-state index contributed by atoms with van der Waals surface area (Å²) in [6, 6.07) is 2.58. The van der Waals surface area contributed by atoms with E-state index in [0.29, 0.717) is 29.3 Å². The SMILES string of the molecule is CNCC1CN(c2cc(-c3cnc(/C=C\C(=N)C(F)F)[nH]3)ncn2)C(C)CN1C. The molecule has 2 aromatic heterocycles. The number of aromatic amines is 1. The molecule has 0 saturated carbocycles. The first-order valence-electron chi connectivity index (χ1n) is 9.42. The maximum Gasteiger partial charge on any atom is 0.279 e. The maximum atomic E-state index is 12.4. The van der Waals surface area contributed by atoms with Gasteiger partial charge in [0.25, 0.3) is 6.43 Å². The standard InChI is InChI=1S/C19H26F2N8/c1-12-9-28(3)13(7-23-2)10-29(12)18-6-15(25-11-26-18)16-8-24-17(27-16)5-4-14(22)19(20)21/h4-6,8,11-13,19,22-23H,7,9-10H2,1-3H3,(H,24,27)/b5-4-,22-14?. The number of aromatic nitrogens is 4. The summed E-state index contributed by atoms with van der Waals surface area (Å²) >= 11 is 0. The van der Waals surface area contributed by atoms with Crippen molar-refractivity contribution in [1.29, 1.82) is 5.41 Å². The lowest BCUT2D eigenvalue weighted by atomic mass is 10.1. The molecule has 0 amide bonds. The molecule has 0 bridgehead atoms. The highest BCUT2D eigenvalue weighted by molar-refractivity contribution is 5.97. The Kier molecular flexibility index (Phi) is 6.65. The number of piperazine rings is 1. The van der Waals surface area contributed by atoms with Crippen molar-refractivity contribution in [3.63, 3.8) is 0 Å². The van der Waals surface area contributed by atoms with E-state index in [1.807, 2.05) is 13.1 Å². The zero-order valence-corrected chi connectivity index (χ0v) is 16.7. The number of nitrogens with one attached hydrogen (secondary N) is 3. The number of alkyl halides is 2. The Labute approximate surface area is 168 Å². The maximum absolute atomic E-state index is 12.4. The Hall–Kier alpha value is -2.72. The minimum atomic E-state index is -2.80. The highest BCUT2D eigenvalue weighted by Gasteiger charge is 2.30. The summed E-state index contributed by atoms with van der Waals surface area (Å²) in [7, 11) is 4.08. The van der Waals surface area contributed by atoms with Crippen LogP contribution in [0.3, 0.4) is 0 Å². The first kappa shape index (κ1) is 21.0. The number of hydrogen-bond acceptors (Lipinski definition) is 7. The van der Waals surface area contributed by atoms with Gasteiger partial charge in [0.15, 0.2) is 0 Å². The van der Waals surface area contributed by atoms with Gasteiger partial charge in [-0.3, -0.25) is 10.3 Å². The van der Waals surface area contributed by atoms with E-state index in [1.165, 1.54) is 12.4 Å². The van der Waals surface area contributed by atoms with Crippen molar-refractivity contribution in [3.8, 4) is 11.4 Å². The number of rotatable bonds is 7. The molecule has 1 aliphatic heterocycles. The van der Waals surface area contributed by atoms with Gasteiger partial charge < -0.3 is 15.2 Å². The lowest BCUT2D eigenvalue weighted by Gasteiger charge is -2.44. The largest absolute Gasteiger partial charge is 0.351 e. The number of allylic oxidation sites excluding steroid dienone is 1. The van der Waals surface area contributed by atoms with E-state index >= 15 is 0 Å². The Balaban J connectivity index is 1.78. The van der Waals surface area contributed by atoms with Gasteiger partial charge in [-0.1, -0.05) is 0 Å². The fraction of sp³-hybridized carbons (Fsp3) is 0.474. The van der Waals surface area contributed by atoms with E-state index in [0.717, 1.165) is 31.5 Å². The van der Waals surface area contributed by atoms with Gasteiger partial charge in [0, 0.05) is 37.8 Å². The van der Waals surface area contributed by atoms with Crippen molar-refractivity contribution in [2.75, 3.05) is 38.6 Å². The predicted molar refractivity (Wildman–Crippen MR) is 110 cm³/mol. The molecule has 29 heavy (non-hydrogen) atoms. The smallest absolute Gasteiger partial charge is 0.279 e. The van der Waals surface area contributed by atoms with Crippen LogP contribution in [0.4, 0.5) is 14.6 Å². The average Bonchev–Trinajstić information content (AvgIpc) is 3.17. The lowest BCUT2D eigenvalue weighted by molar-refractivity contribution is 0.190. The van der Waals surface area contributed by atoms with Gasteiger partial charge in [-0.05, 0) is 33.2 Å². The van der Waals surface area contributed by atoms with Crippen LogP contribution in [0.25, 0.3) is 17.5 Å². The third-order valence-corrected chi connectivity index (χ3v) is 5.03. The quantitative estimate of drug-likeness (QED) is 0.610. The first-order valence-corrected chi connectivity index (χ1v) is 9.42. The van der Waals surface area contributed by atoms with Gasteiger partial charge in [0.1, 0.15) is 18.0 Å². The van der Waals surface area contributed by atoms with Crippen LogP contribution in [-0.2, 0) is 0 Å². The van der Waals surface area contributed by atoms with E-state index in [9.17, 15) is 8.78 Å². The molecular formula is C19H26F2N8. The topological polar surface area (TPSA) is 96.8 Å². The molecule has 10 heteroatoms. The molecule has 3 rings (SSSR count). The normalized spacial score (nSPS) is 20.7. The van der Waals surface area contributed by atoms with Crippen molar-refractivity contribution in [1.82, 2.24) is 30.2 Å². The van der Waals surface area contributed by atoms with Crippen molar-refractivity contribution < 1.29 is 8.78 Å². The van der Waals surface area contributed by atoms with Crippen molar-refractivity contribution in [2.24, 2.45) is 0 Å². The van der Waals surface area contributed by atoms with Crippen molar-refractivity contribution in [3.05, 3.63) is 30.5 Å². The number of H-pyrrole nitrogens is 1. The summed E-state index contributed by atoms with van der Waals surface area (Å²) in [5.74, 6) is 1.22. The molecule has 1 fully saturated rings. The van der Waals surface area contributed by atoms with Gasteiger partial charge in [0.05, 0.1) is 23.3 Å². The second-order valence-corrected chi connectivity index (χ2v) is 7.19. The van der Waals surface area contributed by atoms with Gasteiger partial charge in [0.2, 0.25) is 0 Å². The second-order valence-electron chi connectivity index (χ2n) is 7.19. The van der Waals surface area contributed by atoms with E-state index < -0.39 is 12.1 Å². The molecule has 1 saturated heterocycles. The summed E-state index contributed by atoms with van der Waals surface area (Å²) in [6.07, 6.45) is 2.69. The van der Waals surface area contributed by atoms with Gasteiger partial charge in [-0.2, -0.15) is 0 Å². The fourth-order valence-corrected chi connectivity index (χ4v) is 3.43. The summed E-state index contributed by atoms with van der Waals surface area (Å²) in [4.78, 5) is 20.6. The Morgan fingerprint density at radius 1 is 1.38 bits per heavy atom. The zero-order valence-electron chi connectivity index (χ0n) is 16.7. The molecule has 8 nitrogen and oxygen atoms in total. The summed E-state index contributed by atoms with van der Waals surface area (Å²) in [5, 5.41) is 10.4. The molecule has 0 aliphatic carbocycles. The number of imidazole rings is 1. The zero-order chi connectivity index (χ0) is 21.0. The number of nitrogens with zero attached hydrogens (tertiary/aromatic N) is 5. The molecular weight excluding hydrogens is 378 g/mol. The third-order valence-electron chi connectivity index (χ3n) is 5.03. The molecule has 3 N–H and O–H groups in total. The van der Waals surface area contributed by atoms with Crippen LogP contribution < -0.4 is 10.2 Å². The molecule has 156 valence electrons. The minimum Gasteiger partial charge on any atom is -0.351 e. The fourth-order valence-electron chi connectivity index (χ4n) is 3.43. The lowest BCUT2D eigenvalue weighted by Crippen LogP contribution is -2.58. The molecule has 2 atom stereocenters. The number of halogens is 2. The van der Waals surface area contributed by atoms with E-state index in [-0.39, 0.29) is 0 Å². The van der Waals surface area contributed by atoms with E-state index in [2.05, 4.69) is 49.0 Å². The van der Waals surface area contributed by atoms with Gasteiger partial charge in [-0.15, -0.1) is 0 Å². The van der Waals surface area contributed by atoms with Crippen LogP contribution in [0.5, 0.6) is 0 Å². The van der Waals surface area contributed by atoms with Crippen LogP contribution in [0, 0.1) is 5.41 Å². The number of hydrogen-bond donors (Lipinski definition) is 3. The van der Waals surface area contributed by atoms with Crippen LogP contribution in [0.2, 0.25) is 0 Å². The third kappa shape index (κ3) is 5.01. The van der Waals surface area contributed by atoms with Crippen LogP contribution in [0.15, 0.2) is 24.7 Å². The molecule has 1 aliphatic rings. The number of anilines is 1. The summed E-state index contributed by atoms with van der Waals surface area (Å²) < 4.78 is 24.8. The van der Waals surface area contributed by atoms with Gasteiger partial charge in [-0.25, -0.2) is 23.7 Å². The number of likely N-dealkylation sites (N-methyl/N-ethyl adjacent to an activating group) is 2. The van der Waals surface area contributed by atoms with E-state index in [1.54, 1.807) is 6.20 Å². The first-order chi connectivity index (χ1) is 13.9. The summed E-state index contributed by atoms with van der Waals surface area (Å²) in [5.41, 5.74) is 0.570. The van der Waals surface area contributed by atoms with Crippen LogP contribution in [-0.4, -0.2) is 82.8 Å². The highest BCUT2D eigenvalue weighted by Crippen LogP contribution is 2.24. The Morgan fingerprint density at radius 2 is 2.17 bits per heavy atom. The summed E-state index contributed by atoms with van der Waals surface area (Å²) in [6.45, 7) is 4.84.